The third kappa shape index (κ3) is 1.99. The van der Waals surface area contributed by atoms with E-state index >= 15 is 0 Å². The summed E-state index contributed by atoms with van der Waals surface area (Å²) in [6.45, 7) is 7.23. The van der Waals surface area contributed by atoms with Crippen LogP contribution in [0.2, 0.25) is 0 Å². The Morgan fingerprint density at radius 1 is 1.41 bits per heavy atom. The zero-order valence-corrected chi connectivity index (χ0v) is 11.2. The van der Waals surface area contributed by atoms with Crippen LogP contribution in [0.4, 0.5) is 4.79 Å². The molecule has 1 aliphatic heterocycles. The normalized spacial score (nSPS) is 33.0. The fourth-order valence-corrected chi connectivity index (χ4v) is 2.80. The molecule has 3 heteroatoms. The van der Waals surface area contributed by atoms with Gasteiger partial charge in [0, 0.05) is 25.0 Å². The lowest BCUT2D eigenvalue weighted by Crippen LogP contribution is -2.42. The first-order chi connectivity index (χ1) is 7.96. The first kappa shape index (κ1) is 12.2. The van der Waals surface area contributed by atoms with Gasteiger partial charge >= 0.3 is 6.03 Å². The molecule has 2 amide bonds. The second-order valence-electron chi connectivity index (χ2n) is 5.65. The Balaban J connectivity index is 2.21. The highest BCUT2D eigenvalue weighted by Gasteiger charge is 2.44. The molecule has 0 aromatic rings. The monoisotopic (exact) mass is 234 g/mol. The second-order valence-corrected chi connectivity index (χ2v) is 5.65. The summed E-state index contributed by atoms with van der Waals surface area (Å²) >= 11 is 0. The van der Waals surface area contributed by atoms with Crippen LogP contribution in [0.15, 0.2) is 24.3 Å². The van der Waals surface area contributed by atoms with Crippen molar-refractivity contribution >= 4 is 6.03 Å². The van der Waals surface area contributed by atoms with Gasteiger partial charge in [-0.25, -0.2) is 4.79 Å². The molecule has 0 spiro atoms. The first-order valence-corrected chi connectivity index (χ1v) is 6.33. The minimum absolute atomic E-state index is 0.0722. The summed E-state index contributed by atoms with van der Waals surface area (Å²) in [4.78, 5) is 16.0. The van der Waals surface area contributed by atoms with Crippen LogP contribution in [-0.2, 0) is 0 Å². The lowest BCUT2D eigenvalue weighted by atomic mass is 9.76. The Hall–Kier alpha value is -1.25. The SMILES string of the molecule is CC(C)N1C[C@@H](C2(C)C=CC=CC2)N(C)C1=O. The molecular formula is C14H22N2O. The maximum absolute atomic E-state index is 12.2. The van der Waals surface area contributed by atoms with Crippen LogP contribution < -0.4 is 0 Å². The summed E-state index contributed by atoms with van der Waals surface area (Å²) in [5.41, 5.74) is 0.0722. The van der Waals surface area contributed by atoms with E-state index in [4.69, 9.17) is 0 Å². The number of rotatable bonds is 2. The lowest BCUT2D eigenvalue weighted by molar-refractivity contribution is 0.175. The molecular weight excluding hydrogens is 212 g/mol. The van der Waals surface area contributed by atoms with E-state index in [1.54, 1.807) is 0 Å². The number of nitrogens with zero attached hydrogens (tertiary/aromatic N) is 2. The highest BCUT2D eigenvalue weighted by atomic mass is 16.2. The van der Waals surface area contributed by atoms with Crippen LogP contribution in [-0.4, -0.2) is 41.5 Å². The Bertz CT molecular complexity index is 372. The molecule has 1 fully saturated rings. The lowest BCUT2D eigenvalue weighted by Gasteiger charge is -2.36. The van der Waals surface area contributed by atoms with Gasteiger partial charge in [-0.2, -0.15) is 0 Å². The largest absolute Gasteiger partial charge is 0.322 e. The molecule has 0 aromatic heterocycles. The molecule has 17 heavy (non-hydrogen) atoms. The number of hydrogen-bond donors (Lipinski definition) is 0. The third-order valence-corrected chi connectivity index (χ3v) is 4.05. The quantitative estimate of drug-likeness (QED) is 0.720. The molecule has 2 rings (SSSR count). The molecule has 0 radical (unpaired) electrons. The molecule has 1 heterocycles. The van der Waals surface area contributed by atoms with E-state index in [-0.39, 0.29) is 23.5 Å². The minimum Gasteiger partial charge on any atom is -0.322 e. The van der Waals surface area contributed by atoms with Gasteiger partial charge in [0.05, 0.1) is 6.04 Å². The summed E-state index contributed by atoms with van der Waals surface area (Å²) in [6, 6.07) is 0.717. The molecule has 94 valence electrons. The Morgan fingerprint density at radius 2 is 2.12 bits per heavy atom. The topological polar surface area (TPSA) is 23.6 Å². The van der Waals surface area contributed by atoms with Crippen LogP contribution in [0.5, 0.6) is 0 Å². The first-order valence-electron chi connectivity index (χ1n) is 6.33. The van der Waals surface area contributed by atoms with Gasteiger partial charge in [0.25, 0.3) is 0 Å². The van der Waals surface area contributed by atoms with Crippen LogP contribution in [0.25, 0.3) is 0 Å². The fourth-order valence-electron chi connectivity index (χ4n) is 2.80. The van der Waals surface area contributed by atoms with Gasteiger partial charge in [0.15, 0.2) is 0 Å². The van der Waals surface area contributed by atoms with Gasteiger partial charge in [-0.15, -0.1) is 0 Å². The minimum atomic E-state index is 0.0722. The van der Waals surface area contributed by atoms with Crippen molar-refractivity contribution in [2.75, 3.05) is 13.6 Å². The van der Waals surface area contributed by atoms with Crippen LogP contribution in [0, 0.1) is 5.41 Å². The molecule has 2 atom stereocenters. The summed E-state index contributed by atoms with van der Waals surface area (Å²) in [5, 5.41) is 0. The number of carbonyl (C=O) groups excluding carboxylic acids is 1. The van der Waals surface area contributed by atoms with E-state index in [1.165, 1.54) is 0 Å². The summed E-state index contributed by atoms with van der Waals surface area (Å²) < 4.78 is 0. The third-order valence-electron chi connectivity index (χ3n) is 4.05. The van der Waals surface area contributed by atoms with Crippen molar-refractivity contribution in [1.29, 1.82) is 0 Å². The van der Waals surface area contributed by atoms with Crippen LogP contribution in [0.1, 0.15) is 27.2 Å². The summed E-state index contributed by atoms with van der Waals surface area (Å²) in [7, 11) is 1.92. The average Bonchev–Trinajstić information content (AvgIpc) is 2.58. The van der Waals surface area contributed by atoms with Crippen LogP contribution in [0.3, 0.4) is 0 Å². The van der Waals surface area contributed by atoms with Crippen molar-refractivity contribution in [3.63, 3.8) is 0 Å². The predicted octanol–water partition coefficient (Wildman–Crippen LogP) is 2.65. The van der Waals surface area contributed by atoms with Gasteiger partial charge in [0.1, 0.15) is 0 Å². The fraction of sp³-hybridized carbons (Fsp3) is 0.643. The number of amides is 2. The Kier molecular flexibility index (Phi) is 3.02. The molecule has 3 nitrogen and oxygen atoms in total. The predicted molar refractivity (Wildman–Crippen MR) is 69.8 cm³/mol. The summed E-state index contributed by atoms with van der Waals surface area (Å²) in [5.74, 6) is 0. The Morgan fingerprint density at radius 3 is 2.59 bits per heavy atom. The molecule has 1 unspecified atom stereocenters. The smallest absolute Gasteiger partial charge is 0.320 e. The second kappa shape index (κ2) is 4.21. The maximum Gasteiger partial charge on any atom is 0.320 e. The van der Waals surface area contributed by atoms with E-state index in [9.17, 15) is 4.79 Å². The van der Waals surface area contributed by atoms with Gasteiger partial charge in [0.2, 0.25) is 0 Å². The molecule has 1 aliphatic carbocycles. The highest BCUT2D eigenvalue weighted by Crippen LogP contribution is 2.37. The molecule has 2 aliphatic rings. The summed E-state index contributed by atoms with van der Waals surface area (Å²) in [6.07, 6.45) is 9.62. The van der Waals surface area contributed by atoms with E-state index in [0.29, 0.717) is 0 Å². The van der Waals surface area contributed by atoms with Gasteiger partial charge < -0.3 is 9.80 Å². The molecule has 1 saturated heterocycles. The zero-order chi connectivity index (χ0) is 12.6. The van der Waals surface area contributed by atoms with E-state index in [1.807, 2.05) is 16.8 Å². The van der Waals surface area contributed by atoms with Crippen molar-refractivity contribution in [3.8, 4) is 0 Å². The van der Waals surface area contributed by atoms with Gasteiger partial charge in [-0.05, 0) is 20.3 Å². The number of likely N-dealkylation sites (N-methyl/N-ethyl adjacent to an activating group) is 1. The number of carbonyl (C=O) groups is 1. The van der Waals surface area contributed by atoms with E-state index in [0.717, 1.165) is 13.0 Å². The number of allylic oxidation sites excluding steroid dienone is 3. The maximum atomic E-state index is 12.2. The van der Waals surface area contributed by atoms with Crippen molar-refractivity contribution in [2.45, 2.75) is 39.3 Å². The average molecular weight is 234 g/mol. The zero-order valence-electron chi connectivity index (χ0n) is 11.2. The molecule has 0 saturated carbocycles. The van der Waals surface area contributed by atoms with Crippen molar-refractivity contribution in [3.05, 3.63) is 24.3 Å². The van der Waals surface area contributed by atoms with E-state index < -0.39 is 0 Å². The standard InChI is InChI=1S/C14H22N2O/c1-11(2)16-10-12(15(4)13(16)17)14(3)8-6-5-7-9-14/h5-8,11-12H,9-10H2,1-4H3/t12-,14?/m0/s1. The molecule has 0 bridgehead atoms. The molecule has 0 aromatic carbocycles. The van der Waals surface area contributed by atoms with Crippen molar-refractivity contribution < 1.29 is 4.79 Å². The van der Waals surface area contributed by atoms with Gasteiger partial charge in [-0.1, -0.05) is 31.2 Å². The highest BCUT2D eigenvalue weighted by molar-refractivity contribution is 5.77. The van der Waals surface area contributed by atoms with Crippen molar-refractivity contribution in [2.24, 2.45) is 5.41 Å². The number of hydrogen-bond acceptors (Lipinski definition) is 1. The van der Waals surface area contributed by atoms with E-state index in [2.05, 4.69) is 45.1 Å². The number of urea groups is 1. The van der Waals surface area contributed by atoms with Crippen LogP contribution >= 0.6 is 0 Å². The molecule has 0 N–H and O–H groups in total. The van der Waals surface area contributed by atoms with Crippen molar-refractivity contribution in [1.82, 2.24) is 9.80 Å². The van der Waals surface area contributed by atoms with Gasteiger partial charge in [-0.3, -0.25) is 0 Å². The Labute approximate surface area is 104 Å².